The third kappa shape index (κ3) is 2.62. The fraction of sp³-hybridized carbons (Fsp3) is 0.286. The Labute approximate surface area is 107 Å². The van der Waals surface area contributed by atoms with Crippen LogP contribution in [0.2, 0.25) is 0 Å². The second-order valence-corrected chi connectivity index (χ2v) is 4.73. The van der Waals surface area contributed by atoms with Gasteiger partial charge in [-0.1, -0.05) is 0 Å². The zero-order chi connectivity index (χ0) is 10.0. The summed E-state index contributed by atoms with van der Waals surface area (Å²) in [6.07, 6.45) is -1.13. The largest absolute Gasteiger partial charge is 0.280 e. The lowest BCUT2D eigenvalue weighted by molar-refractivity contribution is 0.145. The van der Waals surface area contributed by atoms with Gasteiger partial charge in [-0.15, -0.1) is 11.6 Å². The molecule has 0 radical (unpaired) electrons. The molecule has 0 spiro atoms. The first-order valence-corrected chi connectivity index (χ1v) is 5.94. The first kappa shape index (κ1) is 11.8. The van der Waals surface area contributed by atoms with Gasteiger partial charge < -0.3 is 0 Å². The summed E-state index contributed by atoms with van der Waals surface area (Å²) in [5.41, 5.74) is 0.226. The van der Waals surface area contributed by atoms with E-state index in [4.69, 9.17) is 11.6 Å². The first-order chi connectivity index (χ1) is 6.07. The summed E-state index contributed by atoms with van der Waals surface area (Å²) in [4.78, 5) is 3.66. The summed E-state index contributed by atoms with van der Waals surface area (Å²) in [5, 5.41) is 0. The normalized spacial score (nSPS) is 10.9. The van der Waals surface area contributed by atoms with E-state index in [2.05, 4.69) is 4.98 Å². The molecule has 6 heteroatoms. The van der Waals surface area contributed by atoms with Crippen LogP contribution in [0.15, 0.2) is 6.20 Å². The summed E-state index contributed by atoms with van der Waals surface area (Å²) in [5.74, 6) is 0.0712. The van der Waals surface area contributed by atoms with Crippen molar-refractivity contribution in [1.82, 2.24) is 4.98 Å². The average Bonchev–Trinajstić information content (AvgIpc) is 2.09. The van der Waals surface area contributed by atoms with Crippen molar-refractivity contribution in [3.63, 3.8) is 0 Å². The number of aromatic nitrogens is 1. The zero-order valence-electron chi connectivity index (χ0n) is 6.20. The molecule has 1 aromatic heterocycles. The van der Waals surface area contributed by atoms with Crippen LogP contribution in [0.3, 0.4) is 0 Å². The average molecular weight is 429 g/mol. The zero-order valence-corrected chi connectivity index (χ0v) is 11.3. The van der Waals surface area contributed by atoms with Crippen LogP contribution in [-0.2, 0) is 5.88 Å². The Morgan fingerprint density at radius 3 is 2.54 bits per heavy atom. The molecule has 0 fully saturated rings. The van der Waals surface area contributed by atoms with Crippen molar-refractivity contribution in [1.29, 1.82) is 0 Å². The fourth-order valence-corrected chi connectivity index (χ4v) is 2.40. The molecule has 0 N–H and O–H groups in total. The Balaban J connectivity index is 3.30. The summed E-state index contributed by atoms with van der Waals surface area (Å²) < 4.78 is 26.4. The molecule has 0 aliphatic heterocycles. The molecule has 0 bridgehead atoms. The minimum Gasteiger partial charge on any atom is -0.254 e. The number of alkyl halides is 3. The molecule has 72 valence electrons. The van der Waals surface area contributed by atoms with E-state index >= 15 is 0 Å². The van der Waals surface area contributed by atoms with Crippen LogP contribution in [0.1, 0.15) is 17.7 Å². The third-order valence-corrected chi connectivity index (χ3v) is 4.79. The first-order valence-electron chi connectivity index (χ1n) is 3.24. The van der Waals surface area contributed by atoms with Crippen molar-refractivity contribution in [2.45, 2.75) is 12.3 Å². The fourth-order valence-electron chi connectivity index (χ4n) is 0.833. The molecule has 0 atom stereocenters. The second kappa shape index (κ2) is 5.01. The van der Waals surface area contributed by atoms with Crippen molar-refractivity contribution in [3.05, 3.63) is 24.6 Å². The molecule has 0 aliphatic carbocycles. The topological polar surface area (TPSA) is 12.9 Å². The quantitative estimate of drug-likeness (QED) is 0.512. The van der Waals surface area contributed by atoms with Gasteiger partial charge in [-0.2, -0.15) is 0 Å². The van der Waals surface area contributed by atoms with Gasteiger partial charge in [0.15, 0.2) is 0 Å². The van der Waals surface area contributed by atoms with E-state index in [1.54, 1.807) is 0 Å². The molecule has 0 aliphatic rings. The number of halogens is 5. The molecular formula is C7H4ClF2I2N. The summed E-state index contributed by atoms with van der Waals surface area (Å²) in [6, 6.07) is 0. The maximum atomic E-state index is 12.4. The molecule has 0 saturated heterocycles. The molecule has 0 aromatic carbocycles. The number of hydrogen-bond acceptors (Lipinski definition) is 1. The minimum absolute atomic E-state index is 0.0712. The van der Waals surface area contributed by atoms with Crippen LogP contribution < -0.4 is 0 Å². The minimum atomic E-state index is -2.56. The maximum Gasteiger partial charge on any atom is 0.280 e. The van der Waals surface area contributed by atoms with Crippen molar-refractivity contribution in [3.8, 4) is 0 Å². The van der Waals surface area contributed by atoms with Gasteiger partial charge in [-0.3, -0.25) is 4.98 Å². The molecule has 1 aromatic rings. The lowest BCUT2D eigenvalue weighted by Gasteiger charge is -2.08. The van der Waals surface area contributed by atoms with Gasteiger partial charge in [0, 0.05) is 18.9 Å². The van der Waals surface area contributed by atoms with Crippen LogP contribution in [0.25, 0.3) is 0 Å². The Bertz CT molecular complexity index is 320. The molecule has 0 saturated carbocycles. The Kier molecular flexibility index (Phi) is 4.56. The van der Waals surface area contributed by atoms with Gasteiger partial charge in [0.05, 0.1) is 5.88 Å². The van der Waals surface area contributed by atoms with E-state index in [1.807, 2.05) is 45.2 Å². The van der Waals surface area contributed by atoms with Crippen LogP contribution in [0.5, 0.6) is 0 Å². The highest BCUT2D eigenvalue weighted by molar-refractivity contribution is 14.1. The number of pyridine rings is 1. The van der Waals surface area contributed by atoms with Crippen molar-refractivity contribution in [2.24, 2.45) is 0 Å². The highest BCUT2D eigenvalue weighted by atomic mass is 127. The highest BCUT2D eigenvalue weighted by Crippen LogP contribution is 2.28. The Hall–Kier alpha value is 0.760. The summed E-state index contributed by atoms with van der Waals surface area (Å²) in [6.45, 7) is 0. The van der Waals surface area contributed by atoms with Crippen LogP contribution in [-0.4, -0.2) is 4.98 Å². The summed E-state index contributed by atoms with van der Waals surface area (Å²) >= 11 is 9.61. The van der Waals surface area contributed by atoms with E-state index in [1.165, 1.54) is 6.20 Å². The maximum absolute atomic E-state index is 12.4. The van der Waals surface area contributed by atoms with Crippen molar-refractivity contribution < 1.29 is 8.78 Å². The van der Waals surface area contributed by atoms with Gasteiger partial charge in [0.25, 0.3) is 6.43 Å². The number of rotatable bonds is 2. The highest BCUT2D eigenvalue weighted by Gasteiger charge is 2.17. The second-order valence-electron chi connectivity index (χ2n) is 2.22. The Morgan fingerprint density at radius 2 is 2.08 bits per heavy atom. The predicted molar refractivity (Wildman–Crippen MR) is 64.2 cm³/mol. The standard InChI is InChI=1S/C7H4ClF2I2N/c8-1-3-5(12)4(11)2-13-6(3)7(9)10/h2,7H,1H2. The molecular weight excluding hydrogens is 425 g/mol. The molecule has 1 heterocycles. The van der Waals surface area contributed by atoms with Crippen molar-refractivity contribution in [2.75, 3.05) is 0 Å². The van der Waals surface area contributed by atoms with Crippen LogP contribution in [0, 0.1) is 7.14 Å². The monoisotopic (exact) mass is 429 g/mol. The van der Waals surface area contributed by atoms with Crippen molar-refractivity contribution >= 4 is 56.8 Å². The molecule has 1 rings (SSSR count). The van der Waals surface area contributed by atoms with E-state index in [0.29, 0.717) is 5.56 Å². The predicted octanol–water partition coefficient (Wildman–Crippen LogP) is 3.97. The number of nitrogens with zero attached hydrogens (tertiary/aromatic N) is 1. The van der Waals surface area contributed by atoms with E-state index in [9.17, 15) is 8.78 Å². The Morgan fingerprint density at radius 1 is 1.46 bits per heavy atom. The van der Waals surface area contributed by atoms with Crippen LogP contribution >= 0.6 is 56.8 Å². The molecule has 0 unspecified atom stereocenters. The van der Waals surface area contributed by atoms with E-state index in [-0.39, 0.29) is 11.6 Å². The van der Waals surface area contributed by atoms with Gasteiger partial charge in [-0.25, -0.2) is 8.78 Å². The third-order valence-electron chi connectivity index (χ3n) is 1.44. The molecule has 0 amide bonds. The smallest absolute Gasteiger partial charge is 0.254 e. The SMILES string of the molecule is FC(F)c1ncc(I)c(I)c1CCl. The van der Waals surface area contributed by atoms with E-state index < -0.39 is 6.43 Å². The molecule has 13 heavy (non-hydrogen) atoms. The molecule has 1 nitrogen and oxygen atoms in total. The van der Waals surface area contributed by atoms with Gasteiger partial charge in [0.1, 0.15) is 5.69 Å². The lowest BCUT2D eigenvalue weighted by Crippen LogP contribution is -2.01. The van der Waals surface area contributed by atoms with E-state index in [0.717, 1.165) is 7.14 Å². The van der Waals surface area contributed by atoms with Crippen LogP contribution in [0.4, 0.5) is 8.78 Å². The van der Waals surface area contributed by atoms with Gasteiger partial charge in [0.2, 0.25) is 0 Å². The van der Waals surface area contributed by atoms with Gasteiger partial charge >= 0.3 is 0 Å². The number of hydrogen-bond donors (Lipinski definition) is 0. The summed E-state index contributed by atoms with van der Waals surface area (Å²) in [7, 11) is 0. The van der Waals surface area contributed by atoms with Gasteiger partial charge in [-0.05, 0) is 45.2 Å². The lowest BCUT2D eigenvalue weighted by atomic mass is 10.2.